The molecule has 1 saturated heterocycles. The number of nitrogens with zero attached hydrogens (tertiary/aromatic N) is 6. The summed E-state index contributed by atoms with van der Waals surface area (Å²) in [7, 11) is 1.77. The van der Waals surface area contributed by atoms with E-state index in [2.05, 4.69) is 80.8 Å². The van der Waals surface area contributed by atoms with E-state index in [1.807, 2.05) is 31.2 Å². The third kappa shape index (κ3) is 8.12. The first kappa shape index (κ1) is 33.5. The van der Waals surface area contributed by atoms with Crippen LogP contribution < -0.4 is 21.3 Å². The van der Waals surface area contributed by atoms with Crippen molar-refractivity contribution in [1.29, 1.82) is 0 Å². The topological polar surface area (TPSA) is 142 Å². The first-order valence-electron chi connectivity index (χ1n) is 16.2. The number of nitrogens with one attached hydrogen (secondary N) is 4. The lowest BCUT2D eigenvalue weighted by Gasteiger charge is -2.38. The van der Waals surface area contributed by atoms with Crippen LogP contribution in [0.1, 0.15) is 86.0 Å². The van der Waals surface area contributed by atoms with Crippen molar-refractivity contribution in [1.82, 2.24) is 34.9 Å². The summed E-state index contributed by atoms with van der Waals surface area (Å²) in [5.74, 6) is 1.13. The maximum atomic E-state index is 13.4. The van der Waals surface area contributed by atoms with E-state index in [-0.39, 0.29) is 22.9 Å². The summed E-state index contributed by atoms with van der Waals surface area (Å²) in [4.78, 5) is 42.1. The molecular weight excluding hydrogens is 592 g/mol. The highest BCUT2D eigenvalue weighted by molar-refractivity contribution is 6.04. The summed E-state index contributed by atoms with van der Waals surface area (Å²) >= 11 is 0. The summed E-state index contributed by atoms with van der Waals surface area (Å²) < 4.78 is 1.59. The number of piperidine rings is 1. The van der Waals surface area contributed by atoms with Crippen molar-refractivity contribution >= 4 is 34.8 Å². The van der Waals surface area contributed by atoms with Gasteiger partial charge in [-0.2, -0.15) is 9.78 Å². The average molecular weight is 639 g/mol. The second-order valence-corrected chi connectivity index (χ2v) is 13.2. The Morgan fingerprint density at radius 3 is 2.45 bits per heavy atom. The van der Waals surface area contributed by atoms with Gasteiger partial charge >= 0.3 is 0 Å². The zero-order valence-corrected chi connectivity index (χ0v) is 28.4. The molecule has 0 aliphatic carbocycles. The molecule has 12 heteroatoms. The molecule has 2 unspecified atom stereocenters. The molecule has 1 aliphatic rings. The maximum absolute atomic E-state index is 13.4. The van der Waals surface area contributed by atoms with Crippen molar-refractivity contribution in [2.45, 2.75) is 78.3 Å². The molecule has 2 amide bonds. The average Bonchev–Trinajstić information content (AvgIpc) is 3.47. The van der Waals surface area contributed by atoms with E-state index in [1.54, 1.807) is 36.1 Å². The number of aromatic nitrogens is 5. The molecule has 1 aliphatic heterocycles. The minimum absolute atomic E-state index is 0.183. The third-order valence-electron chi connectivity index (χ3n) is 8.65. The lowest BCUT2D eigenvalue weighted by atomic mass is 9.91. The SMILES string of the molecule is CNc1cc(-n2nc(C(=O)NCCN3C(C)CCCC3C)cc2Nc2cc(NC(=O)c3ccnc(C(C)(C)C)c3)ccc2C)ncn1. The molecule has 4 aromatic rings. The molecule has 3 aromatic heterocycles. The van der Waals surface area contributed by atoms with Crippen LogP contribution in [0.25, 0.3) is 5.82 Å². The van der Waals surface area contributed by atoms with Crippen molar-refractivity contribution in [2.75, 3.05) is 36.1 Å². The molecule has 4 heterocycles. The lowest BCUT2D eigenvalue weighted by molar-refractivity contribution is 0.0884. The van der Waals surface area contributed by atoms with Crippen LogP contribution in [0.2, 0.25) is 0 Å². The molecule has 0 bridgehead atoms. The first-order chi connectivity index (χ1) is 22.4. The number of benzene rings is 1. The minimum atomic E-state index is -0.267. The van der Waals surface area contributed by atoms with Gasteiger partial charge in [0.1, 0.15) is 18.0 Å². The van der Waals surface area contributed by atoms with Crippen molar-refractivity contribution in [3.05, 3.63) is 77.5 Å². The van der Waals surface area contributed by atoms with Crippen LogP contribution >= 0.6 is 0 Å². The maximum Gasteiger partial charge on any atom is 0.271 e. The number of hydrogen-bond donors (Lipinski definition) is 4. The highest BCUT2D eigenvalue weighted by atomic mass is 16.2. The summed E-state index contributed by atoms with van der Waals surface area (Å²) in [6.07, 6.45) is 6.70. The number of aryl methyl sites for hydroxylation is 1. The Labute approximate surface area is 276 Å². The van der Waals surface area contributed by atoms with Gasteiger partial charge in [-0.05, 0) is 63.4 Å². The second kappa shape index (κ2) is 14.3. The predicted molar refractivity (Wildman–Crippen MR) is 186 cm³/mol. The van der Waals surface area contributed by atoms with E-state index in [0.29, 0.717) is 47.3 Å². The Morgan fingerprint density at radius 1 is 0.957 bits per heavy atom. The van der Waals surface area contributed by atoms with E-state index in [9.17, 15) is 9.59 Å². The number of likely N-dealkylation sites (tertiary alicyclic amines) is 1. The zero-order chi connectivity index (χ0) is 33.7. The van der Waals surface area contributed by atoms with Crippen LogP contribution in [0.3, 0.4) is 0 Å². The fraction of sp³-hybridized carbons (Fsp3) is 0.429. The molecule has 0 spiro atoms. The Bertz CT molecular complexity index is 1720. The lowest BCUT2D eigenvalue weighted by Crippen LogP contribution is -2.47. The van der Waals surface area contributed by atoms with Gasteiger partial charge in [-0.25, -0.2) is 9.97 Å². The summed E-state index contributed by atoms with van der Waals surface area (Å²) in [6.45, 7) is 14.0. The molecule has 2 atom stereocenters. The fourth-order valence-electron chi connectivity index (χ4n) is 5.82. The number of pyridine rings is 1. The van der Waals surface area contributed by atoms with E-state index in [0.717, 1.165) is 23.5 Å². The van der Waals surface area contributed by atoms with E-state index in [4.69, 9.17) is 0 Å². The molecule has 1 fully saturated rings. The van der Waals surface area contributed by atoms with Crippen molar-refractivity contribution in [3.8, 4) is 5.82 Å². The Balaban J connectivity index is 1.37. The number of carbonyl (C=O) groups is 2. The Hall–Kier alpha value is -4.84. The molecule has 1 aromatic carbocycles. The van der Waals surface area contributed by atoms with Gasteiger partial charge in [0, 0.05) is 78.6 Å². The molecular formula is C35H46N10O2. The van der Waals surface area contributed by atoms with Gasteiger partial charge in [-0.15, -0.1) is 0 Å². The van der Waals surface area contributed by atoms with Crippen LogP contribution in [0.4, 0.5) is 23.0 Å². The number of carbonyl (C=O) groups excluding carboxylic acids is 2. The van der Waals surface area contributed by atoms with E-state index < -0.39 is 0 Å². The normalized spacial score (nSPS) is 16.8. The van der Waals surface area contributed by atoms with Crippen molar-refractivity contribution < 1.29 is 9.59 Å². The van der Waals surface area contributed by atoms with Gasteiger partial charge < -0.3 is 21.3 Å². The van der Waals surface area contributed by atoms with Gasteiger partial charge in [0.25, 0.3) is 11.8 Å². The van der Waals surface area contributed by atoms with Crippen molar-refractivity contribution in [2.24, 2.45) is 0 Å². The van der Waals surface area contributed by atoms with Gasteiger partial charge in [-0.1, -0.05) is 33.3 Å². The second-order valence-electron chi connectivity index (χ2n) is 13.2. The quantitative estimate of drug-likeness (QED) is 0.172. The van der Waals surface area contributed by atoms with E-state index >= 15 is 0 Å². The largest absolute Gasteiger partial charge is 0.373 e. The van der Waals surface area contributed by atoms with Crippen LogP contribution in [-0.4, -0.2) is 73.7 Å². The van der Waals surface area contributed by atoms with Gasteiger partial charge in [0.15, 0.2) is 11.5 Å². The molecule has 47 heavy (non-hydrogen) atoms. The monoisotopic (exact) mass is 638 g/mol. The van der Waals surface area contributed by atoms with Crippen LogP contribution in [0, 0.1) is 6.92 Å². The molecule has 0 saturated carbocycles. The minimum Gasteiger partial charge on any atom is -0.373 e. The van der Waals surface area contributed by atoms with Crippen molar-refractivity contribution in [3.63, 3.8) is 0 Å². The molecule has 12 nitrogen and oxygen atoms in total. The van der Waals surface area contributed by atoms with Gasteiger partial charge in [0.05, 0.1) is 0 Å². The smallest absolute Gasteiger partial charge is 0.271 e. The van der Waals surface area contributed by atoms with Crippen LogP contribution in [0.15, 0.2) is 55.0 Å². The van der Waals surface area contributed by atoms with Crippen LogP contribution in [-0.2, 0) is 5.41 Å². The highest BCUT2D eigenvalue weighted by Gasteiger charge is 2.25. The third-order valence-corrected chi connectivity index (χ3v) is 8.65. The Kier molecular flexibility index (Phi) is 10.2. The molecule has 248 valence electrons. The summed E-state index contributed by atoms with van der Waals surface area (Å²) in [6, 6.07) is 13.6. The Morgan fingerprint density at radius 2 is 1.72 bits per heavy atom. The van der Waals surface area contributed by atoms with Crippen LogP contribution in [0.5, 0.6) is 0 Å². The number of amides is 2. The highest BCUT2D eigenvalue weighted by Crippen LogP contribution is 2.28. The van der Waals surface area contributed by atoms with Gasteiger partial charge in [-0.3, -0.25) is 19.5 Å². The molecule has 5 rings (SSSR count). The summed E-state index contributed by atoms with van der Waals surface area (Å²) in [5.41, 5.74) is 3.72. The zero-order valence-electron chi connectivity index (χ0n) is 28.4. The van der Waals surface area contributed by atoms with Gasteiger partial charge in [0.2, 0.25) is 0 Å². The molecule has 4 N–H and O–H groups in total. The first-order valence-corrected chi connectivity index (χ1v) is 16.2. The van der Waals surface area contributed by atoms with E-state index in [1.165, 1.54) is 25.6 Å². The number of hydrogen-bond acceptors (Lipinski definition) is 9. The predicted octanol–water partition coefficient (Wildman–Crippen LogP) is 5.69. The number of anilines is 4. The number of rotatable bonds is 10. The standard InChI is InChI=1S/C35H46N10O2/c1-22-11-12-26(41-33(46)25-13-14-37-29(17-25)35(4,5)6)18-27(22)42-32-19-28(43-45(32)31-20-30(36-7)39-21-40-31)34(47)38-15-16-44-23(2)9-8-10-24(44)3/h11-14,17-21,23-24,42H,8-10,15-16H2,1-7H3,(H,38,47)(H,41,46)(H,36,39,40). The summed E-state index contributed by atoms with van der Waals surface area (Å²) in [5, 5.41) is 17.2. The fourth-order valence-corrected chi connectivity index (χ4v) is 5.82. The molecule has 0 radical (unpaired) electrons.